The molecule has 0 unspecified atom stereocenters. The van der Waals surface area contributed by atoms with E-state index in [1.807, 2.05) is 30.3 Å². The summed E-state index contributed by atoms with van der Waals surface area (Å²) in [7, 11) is -2.57. The van der Waals surface area contributed by atoms with Crippen molar-refractivity contribution in [3.8, 4) is 0 Å². The van der Waals surface area contributed by atoms with Crippen molar-refractivity contribution >= 4 is 27.2 Å². The summed E-state index contributed by atoms with van der Waals surface area (Å²) in [5, 5.41) is 2.65. The molecular formula is C21H22N2O4S. The molecule has 0 atom stereocenters. The van der Waals surface area contributed by atoms with E-state index in [0.717, 1.165) is 0 Å². The van der Waals surface area contributed by atoms with Crippen molar-refractivity contribution in [3.63, 3.8) is 0 Å². The quantitative estimate of drug-likeness (QED) is 0.575. The van der Waals surface area contributed by atoms with Gasteiger partial charge in [0.2, 0.25) is 0 Å². The number of methoxy groups -OCH3 is 1. The van der Waals surface area contributed by atoms with E-state index < -0.39 is 15.9 Å². The van der Waals surface area contributed by atoms with Crippen LogP contribution in [0.2, 0.25) is 0 Å². The lowest BCUT2D eigenvalue weighted by Gasteiger charge is -2.32. The Morgan fingerprint density at radius 1 is 1.14 bits per heavy atom. The minimum Gasteiger partial charge on any atom is -0.383 e. The van der Waals surface area contributed by atoms with Gasteiger partial charge in [0, 0.05) is 24.8 Å². The minimum atomic E-state index is -4.08. The van der Waals surface area contributed by atoms with Crippen LogP contribution in [-0.2, 0) is 19.6 Å². The average molecular weight is 398 g/mol. The Bertz CT molecular complexity index is 1010. The molecule has 0 spiro atoms. The molecule has 0 radical (unpaired) electrons. The third-order valence-corrected chi connectivity index (χ3v) is 6.20. The number of ether oxygens (including phenoxy) is 1. The molecule has 1 heterocycles. The minimum absolute atomic E-state index is 0.0657. The molecule has 1 aliphatic heterocycles. The van der Waals surface area contributed by atoms with Crippen LogP contribution in [-0.4, -0.2) is 41.1 Å². The van der Waals surface area contributed by atoms with E-state index in [0.29, 0.717) is 22.4 Å². The van der Waals surface area contributed by atoms with Crippen LogP contribution in [0, 0.1) is 0 Å². The first kappa shape index (κ1) is 19.9. The standard InChI is InChI=1S/C21H22N2O4S/c1-3-14-23-18-12-8-7-11-17(18)19(16-9-5-4-6-10-16)20(28(23,25)26)21(24)22-13-15-27-2/h3-12H,1,13-15H2,2H3,(H,22,24). The van der Waals surface area contributed by atoms with Crippen molar-refractivity contribution < 1.29 is 17.9 Å². The van der Waals surface area contributed by atoms with Gasteiger partial charge < -0.3 is 10.1 Å². The topological polar surface area (TPSA) is 75.7 Å². The lowest BCUT2D eigenvalue weighted by molar-refractivity contribution is -0.117. The summed E-state index contributed by atoms with van der Waals surface area (Å²) >= 11 is 0. The monoisotopic (exact) mass is 398 g/mol. The molecule has 7 heteroatoms. The van der Waals surface area contributed by atoms with Gasteiger partial charge in [-0.2, -0.15) is 0 Å². The Morgan fingerprint density at radius 2 is 1.82 bits per heavy atom. The third kappa shape index (κ3) is 3.58. The number of fused-ring (bicyclic) bond motifs is 1. The van der Waals surface area contributed by atoms with E-state index >= 15 is 0 Å². The SMILES string of the molecule is C=CCN1c2ccccc2C(c2ccccc2)=C(C(=O)NCCOC)S1(=O)=O. The zero-order valence-corrected chi connectivity index (χ0v) is 16.4. The number of carbonyl (C=O) groups excluding carboxylic acids is 1. The maximum atomic E-state index is 13.5. The smallest absolute Gasteiger partial charge is 0.270 e. The number of carbonyl (C=O) groups is 1. The molecule has 146 valence electrons. The van der Waals surface area contributed by atoms with E-state index in [4.69, 9.17) is 4.74 Å². The summed E-state index contributed by atoms with van der Waals surface area (Å²) in [6, 6.07) is 16.2. The molecule has 0 saturated heterocycles. The maximum Gasteiger partial charge on any atom is 0.270 e. The molecule has 0 bridgehead atoms. The van der Waals surface area contributed by atoms with E-state index in [9.17, 15) is 13.2 Å². The van der Waals surface area contributed by atoms with E-state index in [-0.39, 0.29) is 24.6 Å². The zero-order chi connectivity index (χ0) is 20.1. The molecule has 28 heavy (non-hydrogen) atoms. The van der Waals surface area contributed by atoms with Crippen molar-refractivity contribution in [2.24, 2.45) is 0 Å². The zero-order valence-electron chi connectivity index (χ0n) is 15.6. The van der Waals surface area contributed by atoms with Crippen molar-refractivity contribution in [3.05, 3.63) is 83.3 Å². The molecule has 1 aliphatic rings. The van der Waals surface area contributed by atoms with Crippen LogP contribution < -0.4 is 9.62 Å². The van der Waals surface area contributed by atoms with Gasteiger partial charge in [0.1, 0.15) is 0 Å². The number of nitrogens with zero attached hydrogens (tertiary/aromatic N) is 1. The van der Waals surface area contributed by atoms with Gasteiger partial charge in [0.05, 0.1) is 18.8 Å². The number of hydrogen-bond acceptors (Lipinski definition) is 4. The van der Waals surface area contributed by atoms with Crippen LogP contribution in [0.25, 0.3) is 5.57 Å². The highest BCUT2D eigenvalue weighted by molar-refractivity contribution is 7.97. The van der Waals surface area contributed by atoms with E-state index in [2.05, 4.69) is 11.9 Å². The van der Waals surface area contributed by atoms with Crippen molar-refractivity contribution in [1.82, 2.24) is 5.32 Å². The maximum absolute atomic E-state index is 13.5. The first-order valence-electron chi connectivity index (χ1n) is 8.82. The number of benzene rings is 2. The fourth-order valence-corrected chi connectivity index (χ4v) is 4.91. The highest BCUT2D eigenvalue weighted by Crippen LogP contribution is 2.42. The summed E-state index contributed by atoms with van der Waals surface area (Å²) in [5.41, 5.74) is 2.26. The molecule has 3 rings (SSSR count). The third-order valence-electron chi connectivity index (χ3n) is 4.37. The molecule has 0 fully saturated rings. The summed E-state index contributed by atoms with van der Waals surface area (Å²) in [6.07, 6.45) is 1.50. The second kappa shape index (κ2) is 8.41. The summed E-state index contributed by atoms with van der Waals surface area (Å²) < 4.78 is 33.1. The summed E-state index contributed by atoms with van der Waals surface area (Å²) in [5.74, 6) is -0.653. The molecule has 1 N–H and O–H groups in total. The van der Waals surface area contributed by atoms with Crippen LogP contribution in [0.1, 0.15) is 11.1 Å². The van der Waals surface area contributed by atoms with Gasteiger partial charge in [-0.15, -0.1) is 6.58 Å². The fourth-order valence-electron chi connectivity index (χ4n) is 3.18. The van der Waals surface area contributed by atoms with Gasteiger partial charge in [-0.25, -0.2) is 8.42 Å². The molecule has 0 aliphatic carbocycles. The Labute approximate surface area is 165 Å². The highest BCUT2D eigenvalue weighted by Gasteiger charge is 2.40. The van der Waals surface area contributed by atoms with E-state index in [1.54, 1.807) is 24.3 Å². The highest BCUT2D eigenvalue weighted by atomic mass is 32.2. The van der Waals surface area contributed by atoms with Gasteiger partial charge in [-0.05, 0) is 11.6 Å². The molecule has 1 amide bonds. The molecule has 6 nitrogen and oxygen atoms in total. The Kier molecular flexibility index (Phi) is 5.96. The first-order chi connectivity index (χ1) is 13.5. The molecular weight excluding hydrogens is 376 g/mol. The summed E-state index contributed by atoms with van der Waals surface area (Å²) in [4.78, 5) is 12.7. The fraction of sp³-hybridized carbons (Fsp3) is 0.190. The van der Waals surface area contributed by atoms with Gasteiger partial charge in [0.25, 0.3) is 15.9 Å². The van der Waals surface area contributed by atoms with Crippen LogP contribution >= 0.6 is 0 Å². The lowest BCUT2D eigenvalue weighted by Crippen LogP contribution is -2.42. The van der Waals surface area contributed by atoms with Gasteiger partial charge in [0.15, 0.2) is 4.91 Å². The first-order valence-corrected chi connectivity index (χ1v) is 10.3. The number of sulfonamides is 1. The van der Waals surface area contributed by atoms with E-state index in [1.165, 1.54) is 17.5 Å². The number of anilines is 1. The number of amides is 1. The molecule has 2 aromatic carbocycles. The van der Waals surface area contributed by atoms with Crippen LogP contribution in [0.4, 0.5) is 5.69 Å². The van der Waals surface area contributed by atoms with Crippen LogP contribution in [0.15, 0.2) is 72.2 Å². The number of nitrogens with one attached hydrogen (secondary N) is 1. The lowest BCUT2D eigenvalue weighted by atomic mass is 9.95. The van der Waals surface area contributed by atoms with Crippen molar-refractivity contribution in [1.29, 1.82) is 0 Å². The second-order valence-corrected chi connectivity index (χ2v) is 7.96. The Balaban J connectivity index is 2.29. The predicted octanol–water partition coefficient (Wildman–Crippen LogP) is 2.54. The van der Waals surface area contributed by atoms with Gasteiger partial charge in [-0.1, -0.05) is 54.6 Å². The molecule has 2 aromatic rings. The average Bonchev–Trinajstić information content (AvgIpc) is 2.70. The van der Waals surface area contributed by atoms with Crippen LogP contribution in [0.3, 0.4) is 0 Å². The number of hydrogen-bond donors (Lipinski definition) is 1. The number of para-hydroxylation sites is 1. The summed E-state index contributed by atoms with van der Waals surface area (Å²) in [6.45, 7) is 4.22. The van der Waals surface area contributed by atoms with Crippen molar-refractivity contribution in [2.75, 3.05) is 31.1 Å². The Morgan fingerprint density at radius 3 is 2.50 bits per heavy atom. The normalized spacial score (nSPS) is 15.1. The number of rotatable bonds is 7. The van der Waals surface area contributed by atoms with Crippen molar-refractivity contribution in [2.45, 2.75) is 0 Å². The Hall–Kier alpha value is -2.90. The van der Waals surface area contributed by atoms with Gasteiger partial charge in [-0.3, -0.25) is 9.10 Å². The molecule has 0 aromatic heterocycles. The predicted molar refractivity (Wildman–Crippen MR) is 110 cm³/mol. The van der Waals surface area contributed by atoms with Crippen LogP contribution in [0.5, 0.6) is 0 Å². The second-order valence-electron chi connectivity index (χ2n) is 6.16. The largest absolute Gasteiger partial charge is 0.383 e. The molecule has 0 saturated carbocycles. The van der Waals surface area contributed by atoms with Gasteiger partial charge >= 0.3 is 0 Å².